The number of rotatable bonds is 6. The Bertz CT molecular complexity index is 978. The van der Waals surface area contributed by atoms with Crippen molar-refractivity contribution in [3.05, 3.63) is 45.8 Å². The molecular weight excluding hydrogens is 374 g/mol. The van der Waals surface area contributed by atoms with Crippen molar-refractivity contribution in [2.24, 2.45) is 7.05 Å². The lowest BCUT2D eigenvalue weighted by molar-refractivity contribution is -0.115. The summed E-state index contributed by atoms with van der Waals surface area (Å²) in [6.45, 7) is 1.49. The van der Waals surface area contributed by atoms with E-state index in [9.17, 15) is 9.59 Å². The van der Waals surface area contributed by atoms with Gasteiger partial charge in [-0.3, -0.25) is 14.3 Å². The summed E-state index contributed by atoms with van der Waals surface area (Å²) in [5.41, 5.74) is 1.18. The summed E-state index contributed by atoms with van der Waals surface area (Å²) in [6, 6.07) is 7.30. The van der Waals surface area contributed by atoms with E-state index in [0.29, 0.717) is 27.5 Å². The number of anilines is 2. The largest absolute Gasteiger partial charge is 0.495 e. The number of H-pyrrole nitrogens is 1. The Balaban J connectivity index is 1.83. The first-order chi connectivity index (χ1) is 12.5. The van der Waals surface area contributed by atoms with Crippen LogP contribution in [0.2, 0.25) is 0 Å². The van der Waals surface area contributed by atoms with E-state index in [1.807, 2.05) is 23.6 Å². The molecule has 2 heterocycles. The van der Waals surface area contributed by atoms with Gasteiger partial charge in [-0.15, -0.1) is 16.4 Å². The molecule has 0 spiro atoms. The van der Waals surface area contributed by atoms with Crippen molar-refractivity contribution < 1.29 is 9.53 Å². The maximum atomic E-state index is 12.2. The highest BCUT2D eigenvalue weighted by molar-refractivity contribution is 7.98. The zero-order valence-electron chi connectivity index (χ0n) is 14.4. The standard InChI is InChI=1S/C16H17N5O3S2/c1-10(22)21(12-6-4-5-7-13(12)24-3)15-17-11(8-25-15)9-26-16-19-18-14(23)20(16)2/h4-8H,9H2,1-3H3,(H,18,23). The van der Waals surface area contributed by atoms with Crippen LogP contribution >= 0.6 is 23.1 Å². The molecule has 0 fully saturated rings. The van der Waals surface area contributed by atoms with Crippen molar-refractivity contribution in [2.75, 3.05) is 12.0 Å². The van der Waals surface area contributed by atoms with Crippen molar-refractivity contribution >= 4 is 39.8 Å². The highest BCUT2D eigenvalue weighted by atomic mass is 32.2. The SMILES string of the molecule is COc1ccccc1N(C(C)=O)c1nc(CSc2n[nH]c(=O)n2C)cs1. The molecule has 26 heavy (non-hydrogen) atoms. The Hall–Kier alpha value is -2.59. The van der Waals surface area contributed by atoms with Crippen molar-refractivity contribution in [3.63, 3.8) is 0 Å². The minimum Gasteiger partial charge on any atom is -0.495 e. The van der Waals surface area contributed by atoms with Gasteiger partial charge in [-0.05, 0) is 12.1 Å². The first kappa shape index (κ1) is 18.2. The fourth-order valence-corrected chi connectivity index (χ4v) is 4.08. The van der Waals surface area contributed by atoms with Crippen LogP contribution in [0.4, 0.5) is 10.8 Å². The van der Waals surface area contributed by atoms with Crippen LogP contribution in [0.15, 0.2) is 39.6 Å². The third-order valence-corrected chi connectivity index (χ3v) is 5.50. The number of aromatic amines is 1. The molecule has 3 rings (SSSR count). The number of hydrogen-bond donors (Lipinski definition) is 1. The molecule has 0 aliphatic heterocycles. The topological polar surface area (TPSA) is 93.1 Å². The molecule has 0 aliphatic carbocycles. The first-order valence-corrected chi connectivity index (χ1v) is 9.50. The van der Waals surface area contributed by atoms with E-state index in [0.717, 1.165) is 5.69 Å². The van der Waals surface area contributed by atoms with E-state index in [4.69, 9.17) is 4.74 Å². The lowest BCUT2D eigenvalue weighted by Crippen LogP contribution is -2.23. The normalized spacial score (nSPS) is 10.7. The highest BCUT2D eigenvalue weighted by Gasteiger charge is 2.21. The number of amides is 1. The highest BCUT2D eigenvalue weighted by Crippen LogP contribution is 2.36. The number of thiazole rings is 1. The number of methoxy groups -OCH3 is 1. The van der Waals surface area contributed by atoms with Crippen LogP contribution in [0.25, 0.3) is 0 Å². The number of benzene rings is 1. The van der Waals surface area contributed by atoms with Gasteiger partial charge in [0.05, 0.1) is 18.5 Å². The van der Waals surface area contributed by atoms with E-state index in [2.05, 4.69) is 15.2 Å². The molecule has 0 radical (unpaired) electrons. The van der Waals surface area contributed by atoms with E-state index in [1.165, 1.54) is 39.5 Å². The number of hydrogen-bond acceptors (Lipinski definition) is 7. The van der Waals surface area contributed by atoms with E-state index < -0.39 is 0 Å². The summed E-state index contributed by atoms with van der Waals surface area (Å²) in [6.07, 6.45) is 0. The molecule has 3 aromatic rings. The number of aromatic nitrogens is 4. The third-order valence-electron chi connectivity index (χ3n) is 3.56. The Morgan fingerprint density at radius 3 is 2.85 bits per heavy atom. The summed E-state index contributed by atoms with van der Waals surface area (Å²) >= 11 is 2.77. The molecule has 2 aromatic heterocycles. The minimum absolute atomic E-state index is 0.155. The van der Waals surface area contributed by atoms with Crippen LogP contribution in [-0.4, -0.2) is 32.8 Å². The Labute approximate surface area is 157 Å². The van der Waals surface area contributed by atoms with Crippen LogP contribution in [0.1, 0.15) is 12.6 Å². The van der Waals surface area contributed by atoms with Crippen LogP contribution in [0, 0.1) is 0 Å². The van der Waals surface area contributed by atoms with Crippen molar-refractivity contribution in [3.8, 4) is 5.75 Å². The summed E-state index contributed by atoms with van der Waals surface area (Å²) in [5, 5.41) is 9.38. The monoisotopic (exact) mass is 391 g/mol. The molecule has 0 saturated heterocycles. The number of ether oxygens (including phenoxy) is 1. The second kappa shape index (κ2) is 7.75. The Morgan fingerprint density at radius 1 is 1.42 bits per heavy atom. The number of nitrogens with zero attached hydrogens (tertiary/aromatic N) is 4. The van der Waals surface area contributed by atoms with Crippen LogP contribution in [0.3, 0.4) is 0 Å². The predicted octanol–water partition coefficient (Wildman–Crippen LogP) is 2.55. The minimum atomic E-state index is -0.259. The molecule has 1 aromatic carbocycles. The van der Waals surface area contributed by atoms with Gasteiger partial charge in [-0.2, -0.15) is 0 Å². The van der Waals surface area contributed by atoms with Gasteiger partial charge in [0.2, 0.25) is 5.91 Å². The molecule has 10 heteroatoms. The first-order valence-electron chi connectivity index (χ1n) is 7.63. The second-order valence-corrected chi connectivity index (χ2v) is 7.09. The van der Waals surface area contributed by atoms with E-state index in [1.54, 1.807) is 20.2 Å². The van der Waals surface area contributed by atoms with Gasteiger partial charge in [0.25, 0.3) is 0 Å². The van der Waals surface area contributed by atoms with Gasteiger partial charge in [0.15, 0.2) is 10.3 Å². The van der Waals surface area contributed by atoms with Crippen molar-refractivity contribution in [1.29, 1.82) is 0 Å². The Kier molecular flexibility index (Phi) is 5.43. The number of thioether (sulfide) groups is 1. The number of carbonyl (C=O) groups is 1. The molecule has 0 aliphatic rings. The number of nitrogens with one attached hydrogen (secondary N) is 1. The fraction of sp³-hybridized carbons (Fsp3) is 0.250. The molecule has 136 valence electrons. The zero-order valence-corrected chi connectivity index (χ0v) is 16.1. The lowest BCUT2D eigenvalue weighted by Gasteiger charge is -2.20. The van der Waals surface area contributed by atoms with Gasteiger partial charge >= 0.3 is 5.69 Å². The van der Waals surface area contributed by atoms with E-state index >= 15 is 0 Å². The average Bonchev–Trinajstić information content (AvgIpc) is 3.21. The smallest absolute Gasteiger partial charge is 0.343 e. The summed E-state index contributed by atoms with van der Waals surface area (Å²) in [4.78, 5) is 29.7. The van der Waals surface area contributed by atoms with Gasteiger partial charge in [0.1, 0.15) is 5.75 Å². The van der Waals surface area contributed by atoms with Gasteiger partial charge in [0, 0.05) is 25.1 Å². The maximum Gasteiger partial charge on any atom is 0.343 e. The summed E-state index contributed by atoms with van der Waals surface area (Å²) < 4.78 is 6.80. The maximum absolute atomic E-state index is 12.2. The molecule has 1 N–H and O–H groups in total. The van der Waals surface area contributed by atoms with Crippen LogP contribution < -0.4 is 15.3 Å². The van der Waals surface area contributed by atoms with Gasteiger partial charge < -0.3 is 4.74 Å². The van der Waals surface area contributed by atoms with Crippen molar-refractivity contribution in [1.82, 2.24) is 19.7 Å². The second-order valence-electron chi connectivity index (χ2n) is 5.31. The average molecular weight is 391 g/mol. The van der Waals surface area contributed by atoms with Crippen LogP contribution in [0.5, 0.6) is 5.75 Å². The van der Waals surface area contributed by atoms with Crippen molar-refractivity contribution in [2.45, 2.75) is 17.8 Å². The molecule has 0 unspecified atom stereocenters. The quantitative estimate of drug-likeness (QED) is 0.649. The fourth-order valence-electron chi connectivity index (χ4n) is 2.29. The zero-order chi connectivity index (χ0) is 18.7. The number of carbonyl (C=O) groups excluding carboxylic acids is 1. The molecule has 8 nitrogen and oxygen atoms in total. The molecule has 0 atom stereocenters. The lowest BCUT2D eigenvalue weighted by atomic mass is 10.2. The van der Waals surface area contributed by atoms with Gasteiger partial charge in [-0.25, -0.2) is 14.9 Å². The molecule has 1 amide bonds. The predicted molar refractivity (Wildman–Crippen MR) is 101 cm³/mol. The summed E-state index contributed by atoms with van der Waals surface area (Å²) in [7, 11) is 3.22. The van der Waals surface area contributed by atoms with Gasteiger partial charge in [-0.1, -0.05) is 23.9 Å². The molecule has 0 bridgehead atoms. The Morgan fingerprint density at radius 2 is 2.19 bits per heavy atom. The van der Waals surface area contributed by atoms with E-state index in [-0.39, 0.29) is 11.6 Å². The molecule has 0 saturated carbocycles. The van der Waals surface area contributed by atoms with Crippen LogP contribution in [-0.2, 0) is 17.6 Å². The molecular formula is C16H17N5O3S2. The summed E-state index contributed by atoms with van der Waals surface area (Å²) in [5.74, 6) is 0.977. The number of para-hydroxylation sites is 2. The third kappa shape index (κ3) is 3.65.